The Kier molecular flexibility index (Phi) is 5.25. The summed E-state index contributed by atoms with van der Waals surface area (Å²) in [7, 11) is 3.37. The van der Waals surface area contributed by atoms with E-state index in [0.29, 0.717) is 18.6 Å². The van der Waals surface area contributed by atoms with Crippen LogP contribution in [0.25, 0.3) is 0 Å². The number of carbonyl (C=O) groups is 2. The number of likely N-dealkylation sites (N-methyl/N-ethyl adjacent to an activating group) is 1. The molecular formula is C15H20N2O3S. The van der Waals surface area contributed by atoms with Crippen LogP contribution in [-0.4, -0.2) is 49.3 Å². The summed E-state index contributed by atoms with van der Waals surface area (Å²) in [4.78, 5) is 26.7. The smallest absolute Gasteiger partial charge is 0.253 e. The first kappa shape index (κ1) is 15.9. The van der Waals surface area contributed by atoms with Crippen molar-refractivity contribution in [1.29, 1.82) is 0 Å². The second-order valence-corrected chi connectivity index (χ2v) is 6.21. The Morgan fingerprint density at radius 3 is 3.00 bits per heavy atom. The third-order valence-electron chi connectivity index (χ3n) is 3.48. The van der Waals surface area contributed by atoms with Gasteiger partial charge in [0.2, 0.25) is 5.91 Å². The maximum atomic E-state index is 12.5. The predicted molar refractivity (Wildman–Crippen MR) is 83.8 cm³/mol. The fourth-order valence-electron chi connectivity index (χ4n) is 2.11. The lowest BCUT2D eigenvalue weighted by Gasteiger charge is -2.24. The Morgan fingerprint density at radius 2 is 2.29 bits per heavy atom. The van der Waals surface area contributed by atoms with E-state index >= 15 is 0 Å². The fraction of sp³-hybridized carbons (Fsp3) is 0.467. The van der Waals surface area contributed by atoms with Gasteiger partial charge < -0.3 is 15.0 Å². The van der Waals surface area contributed by atoms with Gasteiger partial charge >= 0.3 is 0 Å². The van der Waals surface area contributed by atoms with E-state index in [4.69, 9.17) is 4.74 Å². The summed E-state index contributed by atoms with van der Waals surface area (Å²) < 4.78 is 5.08. The Hall–Kier alpha value is -1.53. The van der Waals surface area contributed by atoms with Crippen LogP contribution in [0.1, 0.15) is 23.7 Å². The zero-order valence-electron chi connectivity index (χ0n) is 12.5. The SMILES string of the molecule is COC[C@H](C)N(C)C(=O)c1ccc2c(c1)NC(=O)CCS2. The molecule has 1 aromatic carbocycles. The molecule has 1 heterocycles. The summed E-state index contributed by atoms with van der Waals surface area (Å²) in [6, 6.07) is 5.45. The highest BCUT2D eigenvalue weighted by Gasteiger charge is 2.20. The van der Waals surface area contributed by atoms with Crippen molar-refractivity contribution in [2.45, 2.75) is 24.3 Å². The highest BCUT2D eigenvalue weighted by atomic mass is 32.2. The molecule has 0 spiro atoms. The first-order valence-corrected chi connectivity index (χ1v) is 7.84. The van der Waals surface area contributed by atoms with Crippen LogP contribution < -0.4 is 5.32 Å². The summed E-state index contributed by atoms with van der Waals surface area (Å²) >= 11 is 1.63. The second kappa shape index (κ2) is 6.95. The molecule has 1 aromatic rings. The normalized spacial score (nSPS) is 15.7. The molecule has 2 rings (SSSR count). The van der Waals surface area contributed by atoms with Gasteiger partial charge in [0.15, 0.2) is 0 Å². The molecule has 1 aliphatic heterocycles. The summed E-state index contributed by atoms with van der Waals surface area (Å²) in [5.41, 5.74) is 1.29. The topological polar surface area (TPSA) is 58.6 Å². The van der Waals surface area contributed by atoms with Crippen LogP contribution in [0, 0.1) is 0 Å². The van der Waals surface area contributed by atoms with Gasteiger partial charge in [0.25, 0.3) is 5.91 Å². The molecule has 2 amide bonds. The van der Waals surface area contributed by atoms with Gasteiger partial charge in [0.05, 0.1) is 18.3 Å². The summed E-state index contributed by atoms with van der Waals surface area (Å²) in [5.74, 6) is 0.675. The predicted octanol–water partition coefficient (Wildman–Crippen LogP) is 2.23. The molecule has 0 saturated heterocycles. The number of nitrogens with one attached hydrogen (secondary N) is 1. The number of ether oxygens (including phenoxy) is 1. The molecule has 0 aromatic heterocycles. The van der Waals surface area contributed by atoms with Crippen molar-refractivity contribution < 1.29 is 14.3 Å². The maximum absolute atomic E-state index is 12.5. The minimum Gasteiger partial charge on any atom is -0.383 e. The molecule has 0 bridgehead atoms. The molecule has 114 valence electrons. The van der Waals surface area contributed by atoms with E-state index in [1.807, 2.05) is 19.1 Å². The molecule has 0 aliphatic carbocycles. The fourth-order valence-corrected chi connectivity index (χ4v) is 3.05. The van der Waals surface area contributed by atoms with Crippen LogP contribution in [0.5, 0.6) is 0 Å². The summed E-state index contributed by atoms with van der Waals surface area (Å²) in [6.07, 6.45) is 0.493. The number of benzene rings is 1. The lowest BCUT2D eigenvalue weighted by molar-refractivity contribution is -0.115. The van der Waals surface area contributed by atoms with E-state index in [9.17, 15) is 9.59 Å². The van der Waals surface area contributed by atoms with Gasteiger partial charge in [-0.2, -0.15) is 0 Å². The molecule has 0 fully saturated rings. The quantitative estimate of drug-likeness (QED) is 0.926. The van der Waals surface area contributed by atoms with Crippen LogP contribution in [0.3, 0.4) is 0 Å². The van der Waals surface area contributed by atoms with Gasteiger partial charge in [-0.1, -0.05) is 0 Å². The van der Waals surface area contributed by atoms with Crippen molar-refractivity contribution >= 4 is 29.3 Å². The number of thioether (sulfide) groups is 1. The van der Waals surface area contributed by atoms with Crippen molar-refractivity contribution in [3.8, 4) is 0 Å². The zero-order valence-corrected chi connectivity index (χ0v) is 13.3. The van der Waals surface area contributed by atoms with Crippen LogP contribution in [0.4, 0.5) is 5.69 Å². The monoisotopic (exact) mass is 308 g/mol. The number of nitrogens with zero attached hydrogens (tertiary/aromatic N) is 1. The number of anilines is 1. The van der Waals surface area contributed by atoms with Gasteiger partial charge in [-0.05, 0) is 25.1 Å². The maximum Gasteiger partial charge on any atom is 0.253 e. The Balaban J connectivity index is 2.21. The number of rotatable bonds is 4. The van der Waals surface area contributed by atoms with E-state index in [-0.39, 0.29) is 17.9 Å². The molecule has 1 atom stereocenters. The zero-order chi connectivity index (χ0) is 15.4. The van der Waals surface area contributed by atoms with Gasteiger partial charge in [-0.15, -0.1) is 11.8 Å². The minimum atomic E-state index is -0.0779. The van der Waals surface area contributed by atoms with Crippen LogP contribution in [-0.2, 0) is 9.53 Å². The standard InChI is InChI=1S/C15H20N2O3S/c1-10(9-20-3)17(2)15(19)11-4-5-13-12(8-11)16-14(18)6-7-21-13/h4-5,8,10H,6-7,9H2,1-3H3,(H,16,18)/t10-/m0/s1. The highest BCUT2D eigenvalue weighted by molar-refractivity contribution is 7.99. The van der Waals surface area contributed by atoms with E-state index in [2.05, 4.69) is 5.32 Å². The number of amides is 2. The molecule has 0 radical (unpaired) electrons. The molecule has 21 heavy (non-hydrogen) atoms. The number of carbonyl (C=O) groups excluding carboxylic acids is 2. The van der Waals surface area contributed by atoms with Gasteiger partial charge in [-0.25, -0.2) is 0 Å². The minimum absolute atomic E-state index is 0.00745. The highest BCUT2D eigenvalue weighted by Crippen LogP contribution is 2.31. The lowest BCUT2D eigenvalue weighted by Crippen LogP contribution is -2.37. The van der Waals surface area contributed by atoms with Crippen molar-refractivity contribution in [2.75, 3.05) is 31.8 Å². The molecular weight excluding hydrogens is 288 g/mol. The van der Waals surface area contributed by atoms with Gasteiger partial charge in [0.1, 0.15) is 0 Å². The van der Waals surface area contributed by atoms with E-state index in [0.717, 1.165) is 16.3 Å². The van der Waals surface area contributed by atoms with Crippen molar-refractivity contribution in [1.82, 2.24) is 4.90 Å². The molecule has 0 unspecified atom stereocenters. The van der Waals surface area contributed by atoms with Crippen LogP contribution in [0.2, 0.25) is 0 Å². The number of fused-ring (bicyclic) bond motifs is 1. The lowest BCUT2D eigenvalue weighted by atomic mass is 10.1. The van der Waals surface area contributed by atoms with Gasteiger partial charge in [-0.3, -0.25) is 9.59 Å². The number of methoxy groups -OCH3 is 1. The number of hydrogen-bond acceptors (Lipinski definition) is 4. The average Bonchev–Trinajstić information content (AvgIpc) is 2.65. The van der Waals surface area contributed by atoms with Crippen molar-refractivity contribution in [3.63, 3.8) is 0 Å². The molecule has 1 N–H and O–H groups in total. The molecule has 1 aliphatic rings. The van der Waals surface area contributed by atoms with E-state index < -0.39 is 0 Å². The van der Waals surface area contributed by atoms with Crippen molar-refractivity contribution in [3.05, 3.63) is 23.8 Å². The van der Waals surface area contributed by atoms with Gasteiger partial charge in [0, 0.05) is 36.8 Å². The molecule has 5 nitrogen and oxygen atoms in total. The van der Waals surface area contributed by atoms with E-state index in [1.165, 1.54) is 0 Å². The van der Waals surface area contributed by atoms with E-state index in [1.54, 1.807) is 36.9 Å². The first-order valence-electron chi connectivity index (χ1n) is 6.85. The van der Waals surface area contributed by atoms with Crippen LogP contribution >= 0.6 is 11.8 Å². The Morgan fingerprint density at radius 1 is 1.52 bits per heavy atom. The summed E-state index contributed by atoms with van der Waals surface area (Å²) in [6.45, 7) is 2.42. The Bertz CT molecular complexity index is 548. The Labute approximate surface area is 129 Å². The van der Waals surface area contributed by atoms with Crippen molar-refractivity contribution in [2.24, 2.45) is 0 Å². The average molecular weight is 308 g/mol. The first-order chi connectivity index (χ1) is 10.0. The summed E-state index contributed by atoms with van der Waals surface area (Å²) in [5, 5.41) is 2.86. The third-order valence-corrected chi connectivity index (χ3v) is 4.55. The van der Waals surface area contributed by atoms with Crippen LogP contribution in [0.15, 0.2) is 23.1 Å². The molecule has 6 heteroatoms. The number of hydrogen-bond donors (Lipinski definition) is 1. The largest absolute Gasteiger partial charge is 0.383 e. The second-order valence-electron chi connectivity index (χ2n) is 5.08. The third kappa shape index (κ3) is 3.77. The molecule has 0 saturated carbocycles.